The van der Waals surface area contributed by atoms with Gasteiger partial charge in [0.15, 0.2) is 0 Å². The lowest BCUT2D eigenvalue weighted by Gasteiger charge is -2.21. The van der Waals surface area contributed by atoms with Gasteiger partial charge in [-0.25, -0.2) is 0 Å². The molecule has 1 N–H and O–H groups in total. The Kier molecular flexibility index (Phi) is 5.08. The Morgan fingerprint density at radius 1 is 1.22 bits per heavy atom. The first-order valence-electron chi connectivity index (χ1n) is 8.12. The van der Waals surface area contributed by atoms with E-state index in [9.17, 15) is 4.79 Å². The minimum atomic E-state index is -0.761. The second kappa shape index (κ2) is 7.42. The van der Waals surface area contributed by atoms with Crippen molar-refractivity contribution < 1.29 is 14.6 Å². The maximum atomic E-state index is 10.6. The number of hydrogen-bond acceptors (Lipinski definition) is 3. The number of carboxylic acid groups (broad SMARTS) is 1. The highest BCUT2D eigenvalue weighted by molar-refractivity contribution is 5.67. The average molecular weight is 314 g/mol. The summed E-state index contributed by atoms with van der Waals surface area (Å²) in [5.74, 6) is -0.113. The summed E-state index contributed by atoms with van der Waals surface area (Å²) in [6.45, 7) is 2.66. The minimum Gasteiger partial charge on any atom is -0.481 e. The van der Waals surface area contributed by atoms with Gasteiger partial charge in [-0.3, -0.25) is 9.48 Å². The number of hydrogen-bond donors (Lipinski definition) is 1. The molecule has 122 valence electrons. The predicted molar refractivity (Wildman–Crippen MR) is 87.2 cm³/mol. The maximum Gasteiger partial charge on any atom is 0.303 e. The van der Waals surface area contributed by atoms with Crippen LogP contribution >= 0.6 is 0 Å². The van der Waals surface area contributed by atoms with Crippen LogP contribution in [0.5, 0.6) is 0 Å². The lowest BCUT2D eigenvalue weighted by Crippen LogP contribution is -2.20. The van der Waals surface area contributed by atoms with E-state index in [4.69, 9.17) is 9.84 Å². The largest absolute Gasteiger partial charge is 0.481 e. The Bertz CT molecular complexity index is 643. The SMILES string of the molecule is O=C(O)CCc1ccc(-c2cnn(CC3CCOCC3)c2)cc1. The number of ether oxygens (including phenoxy) is 1. The molecule has 1 aromatic carbocycles. The Balaban J connectivity index is 1.61. The first-order chi connectivity index (χ1) is 11.2. The van der Waals surface area contributed by atoms with E-state index >= 15 is 0 Å². The van der Waals surface area contributed by atoms with Crippen molar-refractivity contribution in [1.82, 2.24) is 9.78 Å². The molecule has 23 heavy (non-hydrogen) atoms. The normalized spacial score (nSPS) is 15.7. The van der Waals surface area contributed by atoms with Crippen LogP contribution in [0.3, 0.4) is 0 Å². The van der Waals surface area contributed by atoms with Crippen LogP contribution in [-0.4, -0.2) is 34.1 Å². The molecule has 2 heterocycles. The van der Waals surface area contributed by atoms with Crippen LogP contribution in [0, 0.1) is 5.92 Å². The van der Waals surface area contributed by atoms with Gasteiger partial charge in [-0.2, -0.15) is 5.10 Å². The van der Waals surface area contributed by atoms with E-state index in [-0.39, 0.29) is 6.42 Å². The highest BCUT2D eigenvalue weighted by atomic mass is 16.5. The van der Waals surface area contributed by atoms with Crippen LogP contribution in [0.4, 0.5) is 0 Å². The van der Waals surface area contributed by atoms with Crippen molar-refractivity contribution in [2.75, 3.05) is 13.2 Å². The van der Waals surface area contributed by atoms with Crippen molar-refractivity contribution in [3.63, 3.8) is 0 Å². The van der Waals surface area contributed by atoms with E-state index in [1.54, 1.807) is 0 Å². The summed E-state index contributed by atoms with van der Waals surface area (Å²) in [4.78, 5) is 10.6. The fourth-order valence-corrected chi connectivity index (χ4v) is 2.92. The monoisotopic (exact) mass is 314 g/mol. The van der Waals surface area contributed by atoms with Crippen molar-refractivity contribution in [3.8, 4) is 11.1 Å². The molecule has 5 heteroatoms. The Morgan fingerprint density at radius 3 is 2.65 bits per heavy atom. The van der Waals surface area contributed by atoms with Crippen LogP contribution < -0.4 is 0 Å². The number of carbonyl (C=O) groups is 1. The summed E-state index contributed by atoms with van der Waals surface area (Å²) in [6, 6.07) is 8.06. The summed E-state index contributed by atoms with van der Waals surface area (Å²) in [5.41, 5.74) is 3.26. The topological polar surface area (TPSA) is 64.3 Å². The number of rotatable bonds is 6. The summed E-state index contributed by atoms with van der Waals surface area (Å²) < 4.78 is 7.41. The molecule has 2 aromatic rings. The minimum absolute atomic E-state index is 0.169. The molecule has 0 unspecified atom stereocenters. The first kappa shape index (κ1) is 15.7. The molecular weight excluding hydrogens is 292 g/mol. The van der Waals surface area contributed by atoms with Gasteiger partial charge in [-0.15, -0.1) is 0 Å². The molecule has 0 amide bonds. The standard InChI is InChI=1S/C18H22N2O3/c21-18(22)6-3-14-1-4-16(5-2-14)17-11-19-20(13-17)12-15-7-9-23-10-8-15/h1-2,4-5,11,13,15H,3,6-10,12H2,(H,21,22). The molecule has 0 saturated carbocycles. The van der Waals surface area contributed by atoms with Gasteiger partial charge in [0.05, 0.1) is 6.20 Å². The van der Waals surface area contributed by atoms with Crippen molar-refractivity contribution in [3.05, 3.63) is 42.2 Å². The van der Waals surface area contributed by atoms with Gasteiger partial charge >= 0.3 is 5.97 Å². The van der Waals surface area contributed by atoms with Crippen molar-refractivity contribution in [2.45, 2.75) is 32.2 Å². The number of aromatic nitrogens is 2. The molecule has 0 spiro atoms. The zero-order chi connectivity index (χ0) is 16.1. The van der Waals surface area contributed by atoms with E-state index in [2.05, 4.69) is 11.3 Å². The molecule has 0 bridgehead atoms. The lowest BCUT2D eigenvalue weighted by molar-refractivity contribution is -0.136. The van der Waals surface area contributed by atoms with Gasteiger partial charge in [-0.05, 0) is 36.3 Å². The van der Waals surface area contributed by atoms with Crippen LogP contribution in [0.1, 0.15) is 24.8 Å². The van der Waals surface area contributed by atoms with Crippen LogP contribution in [0.25, 0.3) is 11.1 Å². The summed E-state index contributed by atoms with van der Waals surface area (Å²) in [5, 5.41) is 13.2. The second-order valence-electron chi connectivity index (χ2n) is 6.10. The molecule has 1 fully saturated rings. The van der Waals surface area contributed by atoms with Crippen LogP contribution in [0.15, 0.2) is 36.7 Å². The second-order valence-corrected chi connectivity index (χ2v) is 6.10. The molecule has 1 aliphatic rings. The zero-order valence-electron chi connectivity index (χ0n) is 13.1. The summed E-state index contributed by atoms with van der Waals surface area (Å²) in [6.07, 6.45) is 6.93. The fraction of sp³-hybridized carbons (Fsp3) is 0.444. The van der Waals surface area contributed by atoms with Crippen molar-refractivity contribution >= 4 is 5.97 Å². The van der Waals surface area contributed by atoms with Gasteiger partial charge in [0, 0.05) is 37.9 Å². The zero-order valence-corrected chi connectivity index (χ0v) is 13.1. The molecule has 0 radical (unpaired) electrons. The quantitative estimate of drug-likeness (QED) is 0.890. The third-order valence-electron chi connectivity index (χ3n) is 4.33. The van der Waals surface area contributed by atoms with E-state index in [1.807, 2.05) is 35.1 Å². The first-order valence-corrected chi connectivity index (χ1v) is 8.12. The van der Waals surface area contributed by atoms with E-state index in [0.29, 0.717) is 12.3 Å². The predicted octanol–water partition coefficient (Wildman–Crippen LogP) is 2.99. The number of carboxylic acids is 1. The Morgan fingerprint density at radius 2 is 1.96 bits per heavy atom. The van der Waals surface area contributed by atoms with E-state index in [0.717, 1.165) is 49.3 Å². The Hall–Kier alpha value is -2.14. The highest BCUT2D eigenvalue weighted by Crippen LogP contribution is 2.22. The van der Waals surface area contributed by atoms with Gasteiger partial charge < -0.3 is 9.84 Å². The summed E-state index contributed by atoms with van der Waals surface area (Å²) in [7, 11) is 0. The van der Waals surface area contributed by atoms with Crippen molar-refractivity contribution in [2.24, 2.45) is 5.92 Å². The molecule has 0 atom stereocenters. The molecule has 5 nitrogen and oxygen atoms in total. The van der Waals surface area contributed by atoms with Gasteiger partial charge in [0.1, 0.15) is 0 Å². The van der Waals surface area contributed by atoms with E-state index in [1.165, 1.54) is 0 Å². The number of nitrogens with zero attached hydrogens (tertiary/aromatic N) is 2. The third-order valence-corrected chi connectivity index (χ3v) is 4.33. The van der Waals surface area contributed by atoms with E-state index < -0.39 is 5.97 Å². The molecule has 1 aliphatic heterocycles. The fourth-order valence-electron chi connectivity index (χ4n) is 2.92. The Labute approximate surface area is 135 Å². The van der Waals surface area contributed by atoms with Gasteiger partial charge in [0.25, 0.3) is 0 Å². The molecule has 0 aliphatic carbocycles. The van der Waals surface area contributed by atoms with Crippen LogP contribution in [-0.2, 0) is 22.5 Å². The third kappa shape index (κ3) is 4.42. The number of benzene rings is 1. The number of aryl methyl sites for hydroxylation is 1. The lowest BCUT2D eigenvalue weighted by atomic mass is 10.0. The van der Waals surface area contributed by atoms with Crippen LogP contribution in [0.2, 0.25) is 0 Å². The summed E-state index contributed by atoms with van der Waals surface area (Å²) >= 11 is 0. The molecule has 1 aromatic heterocycles. The molecule has 3 rings (SSSR count). The highest BCUT2D eigenvalue weighted by Gasteiger charge is 2.15. The smallest absolute Gasteiger partial charge is 0.303 e. The van der Waals surface area contributed by atoms with Gasteiger partial charge in [-0.1, -0.05) is 24.3 Å². The van der Waals surface area contributed by atoms with Crippen molar-refractivity contribution in [1.29, 1.82) is 0 Å². The number of aliphatic carboxylic acids is 1. The molecular formula is C18H22N2O3. The maximum absolute atomic E-state index is 10.6. The van der Waals surface area contributed by atoms with Gasteiger partial charge in [0.2, 0.25) is 0 Å². The average Bonchev–Trinajstić information content (AvgIpc) is 3.03. The molecule has 1 saturated heterocycles.